The van der Waals surface area contributed by atoms with Crippen LogP contribution in [0.15, 0.2) is 36.4 Å². The normalized spacial score (nSPS) is 25.3. The predicted molar refractivity (Wildman–Crippen MR) is 138 cm³/mol. The molecule has 1 heterocycles. The molecule has 0 saturated carbocycles. The lowest BCUT2D eigenvalue weighted by molar-refractivity contribution is -0.140. The molecule has 1 fully saturated rings. The van der Waals surface area contributed by atoms with Gasteiger partial charge in [0, 0.05) is 50.6 Å². The molecule has 0 unspecified atom stereocenters. The van der Waals surface area contributed by atoms with Crippen molar-refractivity contribution in [1.29, 1.82) is 0 Å². The smallest absolute Gasteiger partial charge is 0.247 e. The van der Waals surface area contributed by atoms with Gasteiger partial charge in [-0.2, -0.15) is 0 Å². The predicted octanol–water partition coefficient (Wildman–Crippen LogP) is 2.65. The summed E-state index contributed by atoms with van der Waals surface area (Å²) in [6.07, 6.45) is 6.03. The Morgan fingerprint density at radius 1 is 1.03 bits per heavy atom. The quantitative estimate of drug-likeness (QED) is 0.331. The van der Waals surface area contributed by atoms with Crippen LogP contribution in [-0.4, -0.2) is 67.1 Å². The molecule has 5 atom stereocenters. The Balaban J connectivity index is 1.85. The van der Waals surface area contributed by atoms with E-state index in [9.17, 15) is 14.4 Å². The van der Waals surface area contributed by atoms with Gasteiger partial charge in [0.25, 0.3) is 0 Å². The number of carbonyl (C=O) groups is 3. The van der Waals surface area contributed by atoms with Crippen molar-refractivity contribution in [2.45, 2.75) is 46.1 Å². The van der Waals surface area contributed by atoms with Gasteiger partial charge in [-0.1, -0.05) is 19.1 Å². The highest BCUT2D eigenvalue weighted by Crippen LogP contribution is 2.44. The van der Waals surface area contributed by atoms with Crippen LogP contribution < -0.4 is 15.5 Å². The molecule has 1 aromatic rings. The van der Waals surface area contributed by atoms with Gasteiger partial charge in [0.15, 0.2) is 0 Å². The molecule has 8 heteroatoms. The molecule has 1 aliphatic heterocycles. The SMILES string of the molecule is CCN(CC)c1ccc(NC(=O)[C@@H]2[C@H]3C=C[C@@H](C)[C@@H](C(=O)NC)[C@@H]3C(=O)N2CCCCCO)cc1. The van der Waals surface area contributed by atoms with Crippen molar-refractivity contribution in [2.75, 3.05) is 43.5 Å². The summed E-state index contributed by atoms with van der Waals surface area (Å²) in [7, 11) is 1.58. The van der Waals surface area contributed by atoms with E-state index in [1.165, 1.54) is 0 Å². The van der Waals surface area contributed by atoms with Crippen LogP contribution in [0.3, 0.4) is 0 Å². The van der Waals surface area contributed by atoms with E-state index < -0.39 is 17.9 Å². The van der Waals surface area contributed by atoms with E-state index in [0.29, 0.717) is 25.1 Å². The van der Waals surface area contributed by atoms with Crippen LogP contribution in [0.2, 0.25) is 0 Å². The highest BCUT2D eigenvalue weighted by atomic mass is 16.3. The number of nitrogens with one attached hydrogen (secondary N) is 2. The number of likely N-dealkylation sites (tertiary alicyclic amines) is 1. The fourth-order valence-electron chi connectivity index (χ4n) is 5.53. The van der Waals surface area contributed by atoms with Gasteiger partial charge in [0.1, 0.15) is 6.04 Å². The van der Waals surface area contributed by atoms with Gasteiger partial charge >= 0.3 is 0 Å². The van der Waals surface area contributed by atoms with E-state index in [0.717, 1.165) is 25.2 Å². The topological polar surface area (TPSA) is 102 Å². The molecule has 1 aromatic carbocycles. The average Bonchev–Trinajstić information content (AvgIpc) is 3.14. The zero-order valence-corrected chi connectivity index (χ0v) is 21.4. The van der Waals surface area contributed by atoms with Crippen molar-refractivity contribution < 1.29 is 19.5 Å². The Kier molecular flexibility index (Phi) is 9.32. The number of rotatable bonds is 11. The lowest BCUT2D eigenvalue weighted by Crippen LogP contribution is -2.45. The van der Waals surface area contributed by atoms with Gasteiger partial charge < -0.3 is 25.5 Å². The molecule has 1 saturated heterocycles. The fraction of sp³-hybridized carbons (Fsp3) is 0.593. The third-order valence-electron chi connectivity index (χ3n) is 7.41. The van der Waals surface area contributed by atoms with Crippen LogP contribution in [0, 0.1) is 23.7 Å². The van der Waals surface area contributed by atoms with Crippen molar-refractivity contribution in [3.05, 3.63) is 36.4 Å². The molecule has 8 nitrogen and oxygen atoms in total. The number of aliphatic hydroxyl groups excluding tert-OH is 1. The molecule has 3 N–H and O–H groups in total. The first-order chi connectivity index (χ1) is 16.9. The number of allylic oxidation sites excluding steroid dienone is 1. The first-order valence-corrected chi connectivity index (χ1v) is 12.8. The highest BCUT2D eigenvalue weighted by molar-refractivity contribution is 6.02. The highest BCUT2D eigenvalue weighted by Gasteiger charge is 2.56. The van der Waals surface area contributed by atoms with Gasteiger partial charge in [-0.25, -0.2) is 0 Å². The van der Waals surface area contributed by atoms with E-state index in [1.807, 2.05) is 43.3 Å². The Labute approximate surface area is 208 Å². The molecular formula is C27H40N4O4. The number of nitrogens with zero attached hydrogens (tertiary/aromatic N) is 2. The molecule has 0 spiro atoms. The maximum absolute atomic E-state index is 13.6. The Morgan fingerprint density at radius 3 is 2.31 bits per heavy atom. The molecule has 2 aliphatic rings. The van der Waals surface area contributed by atoms with E-state index in [-0.39, 0.29) is 36.2 Å². The summed E-state index contributed by atoms with van der Waals surface area (Å²) in [5, 5.41) is 14.8. The molecule has 192 valence electrons. The van der Waals surface area contributed by atoms with Gasteiger partial charge in [0.2, 0.25) is 17.7 Å². The summed E-state index contributed by atoms with van der Waals surface area (Å²) < 4.78 is 0. The summed E-state index contributed by atoms with van der Waals surface area (Å²) in [6.45, 7) is 8.48. The fourth-order valence-corrected chi connectivity index (χ4v) is 5.53. The van der Waals surface area contributed by atoms with Crippen molar-refractivity contribution in [3.63, 3.8) is 0 Å². The molecule has 3 amide bonds. The molecule has 3 rings (SSSR count). The molecule has 0 radical (unpaired) electrons. The van der Waals surface area contributed by atoms with Gasteiger partial charge in [-0.15, -0.1) is 0 Å². The number of hydrogen-bond acceptors (Lipinski definition) is 5. The number of amides is 3. The second-order valence-corrected chi connectivity index (χ2v) is 9.46. The second-order valence-electron chi connectivity index (χ2n) is 9.46. The third kappa shape index (κ3) is 5.69. The number of unbranched alkanes of at least 4 members (excludes halogenated alkanes) is 2. The molecule has 35 heavy (non-hydrogen) atoms. The minimum Gasteiger partial charge on any atom is -0.396 e. The summed E-state index contributed by atoms with van der Waals surface area (Å²) in [5.41, 5.74) is 1.77. The van der Waals surface area contributed by atoms with Crippen LogP contribution in [0.4, 0.5) is 11.4 Å². The number of benzene rings is 1. The van der Waals surface area contributed by atoms with Gasteiger partial charge in [-0.05, 0) is 63.3 Å². The summed E-state index contributed by atoms with van der Waals surface area (Å²) in [6, 6.07) is 7.07. The number of fused-ring (bicyclic) bond motifs is 1. The average molecular weight is 485 g/mol. The number of hydrogen-bond donors (Lipinski definition) is 3. The summed E-state index contributed by atoms with van der Waals surface area (Å²) in [4.78, 5) is 43.8. The number of aliphatic hydroxyl groups is 1. The van der Waals surface area contributed by atoms with Gasteiger partial charge in [-0.3, -0.25) is 14.4 Å². The van der Waals surface area contributed by atoms with E-state index in [1.54, 1.807) is 11.9 Å². The summed E-state index contributed by atoms with van der Waals surface area (Å²) in [5.74, 6) is -2.07. The summed E-state index contributed by atoms with van der Waals surface area (Å²) >= 11 is 0. The lowest BCUT2D eigenvalue weighted by atomic mass is 9.70. The van der Waals surface area contributed by atoms with Crippen molar-refractivity contribution >= 4 is 29.1 Å². The maximum atomic E-state index is 13.6. The van der Waals surface area contributed by atoms with Crippen molar-refractivity contribution in [1.82, 2.24) is 10.2 Å². The van der Waals surface area contributed by atoms with Crippen LogP contribution in [0.25, 0.3) is 0 Å². The molecule has 1 aliphatic carbocycles. The van der Waals surface area contributed by atoms with Crippen molar-refractivity contribution in [2.24, 2.45) is 23.7 Å². The largest absolute Gasteiger partial charge is 0.396 e. The van der Waals surface area contributed by atoms with Crippen molar-refractivity contribution in [3.8, 4) is 0 Å². The molecule has 0 aromatic heterocycles. The zero-order valence-electron chi connectivity index (χ0n) is 21.4. The Bertz CT molecular complexity index is 912. The third-order valence-corrected chi connectivity index (χ3v) is 7.41. The van der Waals surface area contributed by atoms with Crippen LogP contribution in [0.5, 0.6) is 0 Å². The molecule has 0 bridgehead atoms. The Morgan fingerprint density at radius 2 is 1.71 bits per heavy atom. The first-order valence-electron chi connectivity index (χ1n) is 12.8. The van der Waals surface area contributed by atoms with E-state index >= 15 is 0 Å². The zero-order chi connectivity index (χ0) is 25.5. The minimum absolute atomic E-state index is 0.0918. The number of anilines is 2. The van der Waals surface area contributed by atoms with Crippen LogP contribution in [0.1, 0.15) is 40.0 Å². The first kappa shape index (κ1) is 26.7. The lowest BCUT2D eigenvalue weighted by Gasteiger charge is -2.32. The minimum atomic E-state index is -0.681. The Hall–Kier alpha value is -2.87. The van der Waals surface area contributed by atoms with E-state index in [2.05, 4.69) is 29.4 Å². The molecular weight excluding hydrogens is 444 g/mol. The number of carbonyl (C=O) groups excluding carboxylic acids is 3. The van der Waals surface area contributed by atoms with Crippen LogP contribution in [-0.2, 0) is 14.4 Å². The monoisotopic (exact) mass is 484 g/mol. The van der Waals surface area contributed by atoms with E-state index in [4.69, 9.17) is 5.11 Å². The van der Waals surface area contributed by atoms with Gasteiger partial charge in [0.05, 0.1) is 11.8 Å². The maximum Gasteiger partial charge on any atom is 0.247 e. The standard InChI is InChI=1S/C27H40N4O4/c1-5-30(6-2)20-13-11-19(12-14-20)29-26(34)24-21-15-10-18(3)22(25(33)28-4)23(21)27(35)31(24)16-8-7-9-17-32/h10-15,18,21-24,32H,5-9,16-17H2,1-4H3,(H,28,33)(H,29,34)/t18-,21+,22-,23-,24+/m1/s1. The second kappa shape index (κ2) is 12.2. The van der Waals surface area contributed by atoms with Crippen LogP contribution >= 0.6 is 0 Å².